The van der Waals surface area contributed by atoms with Crippen molar-refractivity contribution in [1.29, 1.82) is 5.26 Å². The van der Waals surface area contributed by atoms with E-state index in [2.05, 4.69) is 11.4 Å². The van der Waals surface area contributed by atoms with E-state index in [9.17, 15) is 59.2 Å². The second-order valence-electron chi connectivity index (χ2n) is 20.4. The van der Waals surface area contributed by atoms with E-state index in [1.54, 1.807) is 11.4 Å². The van der Waals surface area contributed by atoms with Crippen LogP contribution in [0.15, 0.2) is 79.1 Å². The summed E-state index contributed by atoms with van der Waals surface area (Å²) in [5.41, 5.74) is -11.1. The second-order valence-corrected chi connectivity index (χ2v) is 24.8. The number of halogens is 16. The smallest absolute Gasteiger partial charge is 0.345 e. The quantitative estimate of drug-likeness (QED) is 0.0241. The number of aryl methyl sites for hydroxylation is 3. The van der Waals surface area contributed by atoms with Crippen LogP contribution in [-0.2, 0) is 15.9 Å². The number of hydrogen-bond donors (Lipinski definition) is 2. The molecule has 2 fully saturated rings. The minimum absolute atomic E-state index is 0.00457. The number of carbonyl (C=O) groups excluding carboxylic acids is 3. The Hall–Kier alpha value is -5.74. The number of unbranched alkanes of at least 4 members (excludes halogenated alkanes) is 1. The summed E-state index contributed by atoms with van der Waals surface area (Å²) in [7, 11) is 0. The molecule has 0 spiro atoms. The third-order valence-electron chi connectivity index (χ3n) is 14.8. The van der Waals surface area contributed by atoms with Gasteiger partial charge >= 0.3 is 290 Å². The van der Waals surface area contributed by atoms with Crippen LogP contribution in [0.2, 0.25) is 10.0 Å². The third kappa shape index (κ3) is 12.1. The average molecular weight is 1290 g/mol. The van der Waals surface area contributed by atoms with Crippen molar-refractivity contribution in [2.24, 2.45) is 5.41 Å². The number of Topliss-reactive ketones (excluding diaryl/α,β-unsaturated/α-hetero) is 1. The predicted octanol–water partition coefficient (Wildman–Crippen LogP) is 10.1. The molecule has 1 aliphatic carbocycles. The molecule has 1 aromatic heterocycles. The van der Waals surface area contributed by atoms with E-state index < -0.39 is 106 Å². The molecule has 5 aromatic rings. The number of nitrogens with zero attached hydrogens (tertiary/aromatic N) is 4. The fraction of sp³-hybridized carbons (Fsp3) is 0.418. The number of amides is 2. The van der Waals surface area contributed by atoms with E-state index in [1.165, 1.54) is 82.0 Å². The molecule has 2 amide bonds. The van der Waals surface area contributed by atoms with E-state index in [1.807, 2.05) is 0 Å². The predicted molar refractivity (Wildman–Crippen MR) is 264 cm³/mol. The summed E-state index contributed by atoms with van der Waals surface area (Å²) in [5.74, 6) is -2.49. The Labute approximate surface area is 470 Å². The van der Waals surface area contributed by atoms with Gasteiger partial charge in [0.05, 0.1) is 23.1 Å². The van der Waals surface area contributed by atoms with Crippen LogP contribution in [0.5, 0.6) is 0 Å². The summed E-state index contributed by atoms with van der Waals surface area (Å²) in [6, 6.07) is 15.5. The van der Waals surface area contributed by atoms with Crippen LogP contribution in [0, 0.1) is 37.5 Å². The summed E-state index contributed by atoms with van der Waals surface area (Å²) in [6.45, 7) is 0.105. The Morgan fingerprint density at radius 1 is 0.787 bits per heavy atom. The molecular weight excluding hydrogens is 1240 g/mol. The van der Waals surface area contributed by atoms with Crippen molar-refractivity contribution in [1.82, 2.24) is 15.4 Å². The maximum absolute atomic E-state index is 16.6. The summed E-state index contributed by atoms with van der Waals surface area (Å²) < 4.78 is 192. The number of ketones is 1. The molecule has 2 unspecified atom stereocenters. The van der Waals surface area contributed by atoms with Gasteiger partial charge in [0.2, 0.25) is 5.91 Å². The van der Waals surface area contributed by atoms with Crippen molar-refractivity contribution in [3.05, 3.63) is 139 Å². The molecule has 428 valence electrons. The van der Waals surface area contributed by atoms with Gasteiger partial charge in [-0.3, -0.25) is 14.4 Å². The SMILES string of the molecule is Cc1cc(C2=[N+](n3cc(-c4ccc(Cl)c(C(=O)CCCCC5(C#N)CC5)c4)c[n+]3-c3c(C)cc(C(F)(C(F)(F)F)C(F)(F)F)cc3C)CC(c3cc(Cl)cc(C4CC[I-]4)c3)(C(F)(F)F)C2)ccc1C(=O)NCC(=O)NCC(F)(F)F. The topological polar surface area (TPSA) is 111 Å². The minimum atomic E-state index is -6.49. The Bertz CT molecular complexity index is 3320. The van der Waals surface area contributed by atoms with Crippen LogP contribution in [0.3, 0.4) is 0 Å². The van der Waals surface area contributed by atoms with Crippen LogP contribution in [-0.4, -0.2) is 81.6 Å². The number of nitriles is 1. The summed E-state index contributed by atoms with van der Waals surface area (Å²) in [4.78, 5) is 40.5. The van der Waals surface area contributed by atoms with Gasteiger partial charge in [0.25, 0.3) is 0 Å². The van der Waals surface area contributed by atoms with Crippen LogP contribution in [0.25, 0.3) is 16.8 Å². The van der Waals surface area contributed by atoms with Crippen LogP contribution >= 0.6 is 23.2 Å². The van der Waals surface area contributed by atoms with Crippen molar-refractivity contribution < 1.29 is 102 Å². The zero-order valence-corrected chi connectivity index (χ0v) is 46.3. The average Bonchev–Trinajstić information content (AvgIpc) is 3.80. The van der Waals surface area contributed by atoms with Crippen molar-refractivity contribution in [3.8, 4) is 22.9 Å². The monoisotopic (exact) mass is 1290 g/mol. The first-order chi connectivity index (χ1) is 37.2. The van der Waals surface area contributed by atoms with Crippen LogP contribution < -0.4 is 36.5 Å². The van der Waals surface area contributed by atoms with E-state index in [4.69, 9.17) is 23.2 Å². The van der Waals surface area contributed by atoms with Gasteiger partial charge in [0.15, 0.2) is 5.78 Å². The Kier molecular flexibility index (Phi) is 16.8. The first-order valence-corrected chi connectivity index (χ1v) is 28.4. The normalized spacial score (nSPS) is 18.5. The fourth-order valence-corrected chi connectivity index (χ4v) is 12.8. The second kappa shape index (κ2) is 22.2. The summed E-state index contributed by atoms with van der Waals surface area (Å²) in [6.07, 6.45) is -17.2. The van der Waals surface area contributed by atoms with Gasteiger partial charge < -0.3 is 10.6 Å². The van der Waals surface area contributed by atoms with Crippen molar-refractivity contribution >= 4 is 46.5 Å². The van der Waals surface area contributed by atoms with Gasteiger partial charge in [-0.15, -0.1) is 0 Å². The summed E-state index contributed by atoms with van der Waals surface area (Å²) >= 11 is 12.8. The fourth-order valence-electron chi connectivity index (χ4n) is 10.2. The van der Waals surface area contributed by atoms with Crippen LogP contribution in [0.1, 0.15) is 115 Å². The number of hydrogen-bond acceptors (Lipinski definition) is 4. The molecule has 0 bridgehead atoms. The van der Waals surface area contributed by atoms with Crippen molar-refractivity contribution in [2.45, 2.75) is 112 Å². The van der Waals surface area contributed by atoms with E-state index in [0.717, 1.165) is 37.5 Å². The van der Waals surface area contributed by atoms with Gasteiger partial charge in [-0.2, -0.15) is 44.8 Å². The first-order valence-electron chi connectivity index (χ1n) is 24.9. The number of carbonyl (C=O) groups is 3. The van der Waals surface area contributed by atoms with Gasteiger partial charge in [-0.25, -0.2) is 4.39 Å². The molecule has 9 nitrogen and oxygen atoms in total. The van der Waals surface area contributed by atoms with E-state index >= 15 is 17.6 Å². The van der Waals surface area contributed by atoms with E-state index in [-0.39, 0.29) is 87.6 Å². The number of rotatable bonds is 17. The van der Waals surface area contributed by atoms with Gasteiger partial charge in [-0.1, -0.05) is 18.0 Å². The minimum Gasteiger partial charge on any atom is -0.345 e. The molecule has 2 aliphatic heterocycles. The molecular formula is C55H49Cl2F13IN6O3+. The Morgan fingerprint density at radius 2 is 1.44 bits per heavy atom. The standard InChI is InChI=1S/C55H48Cl2F13IN6O3/c1-30-16-34(7-9-40(30)48(80)73-24-46(79)74-28-51(58,59)60)44-23-50(53(62,63)64,37-19-35(20-39(56)22-37)43-11-15-71-43)29-76(44)77-26-36(33-8-10-42(57)41(21-33)45(78)6-4-5-12-49(27-72)13-14-49)25-75(77)47-31(2)17-38(18-32(47)3)52(61,54(65,66)67)55(68,69)70/h7-10,16-22,25-26,43H,4-6,11-15,23-24,28-29H2,1-3H3,(H-,73,74,79,80)/p+1. The Morgan fingerprint density at radius 3 is 2.00 bits per heavy atom. The molecule has 3 aliphatic rings. The first kappa shape index (κ1) is 60.4. The molecule has 4 aromatic carbocycles. The zero-order chi connectivity index (χ0) is 58.7. The number of alkyl halides is 15. The molecule has 0 radical (unpaired) electrons. The number of nitrogens with one attached hydrogen (secondary N) is 2. The molecule has 8 rings (SSSR count). The van der Waals surface area contributed by atoms with Gasteiger partial charge in [-0.05, 0) is 31.7 Å². The van der Waals surface area contributed by atoms with Gasteiger partial charge in [0.1, 0.15) is 6.54 Å². The molecule has 2 atom stereocenters. The van der Waals surface area contributed by atoms with E-state index in [0.29, 0.717) is 37.0 Å². The number of aromatic nitrogens is 2. The van der Waals surface area contributed by atoms with Gasteiger partial charge in [0, 0.05) is 17.5 Å². The Balaban J connectivity index is 1.32. The molecule has 80 heavy (non-hydrogen) atoms. The summed E-state index contributed by atoms with van der Waals surface area (Å²) in [5, 5.41) is 13.4. The van der Waals surface area contributed by atoms with Crippen molar-refractivity contribution in [2.75, 3.05) is 24.1 Å². The molecule has 3 heterocycles. The molecule has 2 N–H and O–H groups in total. The van der Waals surface area contributed by atoms with Crippen LogP contribution in [0.4, 0.5) is 57.1 Å². The van der Waals surface area contributed by atoms with Crippen molar-refractivity contribution in [3.63, 3.8) is 0 Å². The number of benzene rings is 4. The molecule has 25 heteroatoms. The molecule has 1 saturated heterocycles. The zero-order valence-electron chi connectivity index (χ0n) is 42.6. The molecule has 1 saturated carbocycles. The maximum atomic E-state index is 16.6. The third-order valence-corrected chi connectivity index (χ3v) is 19.0.